The van der Waals surface area contributed by atoms with Crippen LogP contribution in [0.4, 0.5) is 0 Å². The van der Waals surface area contributed by atoms with Gasteiger partial charge in [-0.1, -0.05) is 30.2 Å². The van der Waals surface area contributed by atoms with Gasteiger partial charge in [0.15, 0.2) is 6.10 Å². The van der Waals surface area contributed by atoms with Crippen LogP contribution in [0.3, 0.4) is 0 Å². The topological polar surface area (TPSA) is 38.3 Å². The Bertz CT molecular complexity index is 418. The first-order valence-electron chi connectivity index (χ1n) is 6.35. The van der Waals surface area contributed by atoms with E-state index in [4.69, 9.17) is 16.3 Å². The highest BCUT2D eigenvalue weighted by atomic mass is 35.5. The molecule has 1 aliphatic rings. The van der Waals surface area contributed by atoms with Crippen LogP contribution in [-0.2, 0) is 4.79 Å². The van der Waals surface area contributed by atoms with E-state index in [1.807, 2.05) is 12.1 Å². The SMILES string of the molecule is CC(Oc1ccccc1Cl)C(=O)NCC1CCC1. The first-order valence-corrected chi connectivity index (χ1v) is 6.73. The Morgan fingerprint density at radius 3 is 2.83 bits per heavy atom. The van der Waals surface area contributed by atoms with E-state index in [1.54, 1.807) is 19.1 Å². The highest BCUT2D eigenvalue weighted by Gasteiger charge is 2.20. The number of para-hydroxylation sites is 1. The van der Waals surface area contributed by atoms with Crippen LogP contribution in [0, 0.1) is 5.92 Å². The number of halogens is 1. The van der Waals surface area contributed by atoms with Crippen LogP contribution in [0.1, 0.15) is 26.2 Å². The Balaban J connectivity index is 1.81. The van der Waals surface area contributed by atoms with Gasteiger partial charge in [-0.15, -0.1) is 0 Å². The van der Waals surface area contributed by atoms with Gasteiger partial charge in [-0.2, -0.15) is 0 Å². The fourth-order valence-corrected chi connectivity index (χ4v) is 2.05. The average molecular weight is 268 g/mol. The van der Waals surface area contributed by atoms with E-state index >= 15 is 0 Å². The van der Waals surface area contributed by atoms with Crippen LogP contribution in [-0.4, -0.2) is 18.6 Å². The Kier molecular flexibility index (Phi) is 4.48. The van der Waals surface area contributed by atoms with Crippen molar-refractivity contribution >= 4 is 17.5 Å². The second-order valence-corrected chi connectivity index (χ2v) is 5.14. The number of carbonyl (C=O) groups excluding carboxylic acids is 1. The summed E-state index contributed by atoms with van der Waals surface area (Å²) >= 11 is 5.98. The molecule has 1 amide bonds. The lowest BCUT2D eigenvalue weighted by atomic mass is 9.85. The monoisotopic (exact) mass is 267 g/mol. The Morgan fingerprint density at radius 1 is 1.50 bits per heavy atom. The quantitative estimate of drug-likeness (QED) is 0.891. The average Bonchev–Trinajstić information content (AvgIpc) is 2.30. The van der Waals surface area contributed by atoms with Crippen LogP contribution in [0.15, 0.2) is 24.3 Å². The number of carbonyl (C=O) groups is 1. The normalized spacial score (nSPS) is 16.8. The maximum atomic E-state index is 11.8. The van der Waals surface area contributed by atoms with Gasteiger partial charge in [0.05, 0.1) is 5.02 Å². The maximum Gasteiger partial charge on any atom is 0.260 e. The van der Waals surface area contributed by atoms with Crippen LogP contribution < -0.4 is 10.1 Å². The van der Waals surface area contributed by atoms with Crippen molar-refractivity contribution in [1.82, 2.24) is 5.32 Å². The first kappa shape index (κ1) is 13.2. The molecule has 3 nitrogen and oxygen atoms in total. The molecular formula is C14H18ClNO2. The molecule has 2 rings (SSSR count). The molecule has 0 heterocycles. The van der Waals surface area contributed by atoms with Crippen LogP contribution in [0.2, 0.25) is 5.02 Å². The summed E-state index contributed by atoms with van der Waals surface area (Å²) in [5.41, 5.74) is 0. The third-order valence-corrected chi connectivity index (χ3v) is 3.61. The summed E-state index contributed by atoms with van der Waals surface area (Å²) in [6, 6.07) is 7.17. The lowest BCUT2D eigenvalue weighted by Crippen LogP contribution is -2.40. The molecule has 1 aromatic carbocycles. The summed E-state index contributed by atoms with van der Waals surface area (Å²) in [4.78, 5) is 11.8. The van der Waals surface area contributed by atoms with Crippen molar-refractivity contribution in [2.75, 3.05) is 6.54 Å². The number of nitrogens with one attached hydrogen (secondary N) is 1. The fraction of sp³-hybridized carbons (Fsp3) is 0.500. The summed E-state index contributed by atoms with van der Waals surface area (Å²) in [7, 11) is 0. The molecule has 1 saturated carbocycles. The summed E-state index contributed by atoms with van der Waals surface area (Å²) < 4.78 is 5.55. The molecule has 0 saturated heterocycles. The molecule has 0 bridgehead atoms. The van der Waals surface area contributed by atoms with E-state index in [0.717, 1.165) is 6.54 Å². The molecule has 1 fully saturated rings. The third kappa shape index (κ3) is 3.39. The molecule has 0 aliphatic heterocycles. The van der Waals surface area contributed by atoms with Gasteiger partial charge in [-0.3, -0.25) is 4.79 Å². The highest BCUT2D eigenvalue weighted by Crippen LogP contribution is 2.26. The number of hydrogen-bond acceptors (Lipinski definition) is 2. The summed E-state index contributed by atoms with van der Waals surface area (Å²) in [6.07, 6.45) is 3.21. The molecule has 1 aromatic rings. The van der Waals surface area contributed by atoms with Crippen LogP contribution >= 0.6 is 11.6 Å². The van der Waals surface area contributed by atoms with Crippen molar-refractivity contribution < 1.29 is 9.53 Å². The van der Waals surface area contributed by atoms with Crippen molar-refractivity contribution in [3.8, 4) is 5.75 Å². The molecule has 98 valence electrons. The number of amides is 1. The van der Waals surface area contributed by atoms with Crippen molar-refractivity contribution in [3.63, 3.8) is 0 Å². The largest absolute Gasteiger partial charge is 0.479 e. The predicted molar refractivity (Wildman–Crippen MR) is 71.9 cm³/mol. The standard InChI is InChI=1S/C14H18ClNO2/c1-10(14(17)16-9-11-5-4-6-11)18-13-8-3-2-7-12(13)15/h2-3,7-8,10-11H,4-6,9H2,1H3,(H,16,17). The third-order valence-electron chi connectivity index (χ3n) is 3.30. The zero-order valence-corrected chi connectivity index (χ0v) is 11.2. The molecule has 1 atom stereocenters. The molecular weight excluding hydrogens is 250 g/mol. The summed E-state index contributed by atoms with van der Waals surface area (Å²) in [5.74, 6) is 1.12. The molecule has 0 spiro atoms. The van der Waals surface area contributed by atoms with E-state index in [0.29, 0.717) is 16.7 Å². The van der Waals surface area contributed by atoms with Gasteiger partial charge in [-0.25, -0.2) is 0 Å². The second-order valence-electron chi connectivity index (χ2n) is 4.73. The van der Waals surface area contributed by atoms with E-state index in [2.05, 4.69) is 5.32 Å². The molecule has 1 N–H and O–H groups in total. The minimum atomic E-state index is -0.523. The van der Waals surface area contributed by atoms with Gasteiger partial charge < -0.3 is 10.1 Å². The lowest BCUT2D eigenvalue weighted by molar-refractivity contribution is -0.127. The number of rotatable bonds is 5. The van der Waals surface area contributed by atoms with Gasteiger partial charge in [0.25, 0.3) is 5.91 Å². The first-order chi connectivity index (χ1) is 8.66. The van der Waals surface area contributed by atoms with Crippen molar-refractivity contribution in [3.05, 3.63) is 29.3 Å². The van der Waals surface area contributed by atoms with Crippen LogP contribution in [0.25, 0.3) is 0 Å². The van der Waals surface area contributed by atoms with Gasteiger partial charge in [0.2, 0.25) is 0 Å². The zero-order chi connectivity index (χ0) is 13.0. The molecule has 0 aromatic heterocycles. The number of ether oxygens (including phenoxy) is 1. The van der Waals surface area contributed by atoms with E-state index in [-0.39, 0.29) is 5.91 Å². The highest BCUT2D eigenvalue weighted by molar-refractivity contribution is 6.32. The Morgan fingerprint density at radius 2 is 2.22 bits per heavy atom. The minimum absolute atomic E-state index is 0.0816. The van der Waals surface area contributed by atoms with Gasteiger partial charge in [0.1, 0.15) is 5.75 Å². The van der Waals surface area contributed by atoms with Crippen LogP contribution in [0.5, 0.6) is 5.75 Å². The second kappa shape index (κ2) is 6.10. The van der Waals surface area contributed by atoms with E-state index < -0.39 is 6.10 Å². The maximum absolute atomic E-state index is 11.8. The van der Waals surface area contributed by atoms with E-state index in [9.17, 15) is 4.79 Å². The van der Waals surface area contributed by atoms with Crippen molar-refractivity contribution in [2.45, 2.75) is 32.3 Å². The number of benzene rings is 1. The lowest BCUT2D eigenvalue weighted by Gasteiger charge is -2.26. The predicted octanol–water partition coefficient (Wildman–Crippen LogP) is 3.02. The van der Waals surface area contributed by atoms with Gasteiger partial charge in [0, 0.05) is 6.54 Å². The minimum Gasteiger partial charge on any atom is -0.479 e. The zero-order valence-electron chi connectivity index (χ0n) is 10.5. The Hall–Kier alpha value is -1.22. The van der Waals surface area contributed by atoms with Gasteiger partial charge >= 0.3 is 0 Å². The smallest absolute Gasteiger partial charge is 0.260 e. The molecule has 4 heteroatoms. The van der Waals surface area contributed by atoms with E-state index in [1.165, 1.54) is 19.3 Å². The van der Waals surface area contributed by atoms with Gasteiger partial charge in [-0.05, 0) is 37.8 Å². The fourth-order valence-electron chi connectivity index (χ4n) is 1.87. The molecule has 18 heavy (non-hydrogen) atoms. The molecule has 0 radical (unpaired) electrons. The summed E-state index contributed by atoms with van der Waals surface area (Å²) in [6.45, 7) is 2.49. The molecule has 1 aliphatic carbocycles. The number of hydrogen-bond donors (Lipinski definition) is 1. The Labute approximate surface area is 112 Å². The van der Waals surface area contributed by atoms with Crippen molar-refractivity contribution in [2.24, 2.45) is 5.92 Å². The summed E-state index contributed by atoms with van der Waals surface area (Å²) in [5, 5.41) is 3.44. The molecule has 1 unspecified atom stereocenters. The van der Waals surface area contributed by atoms with Crippen molar-refractivity contribution in [1.29, 1.82) is 0 Å².